The SMILES string of the molecule is Cc1cc(C(=O)Nc2ccccc2NS(=O)(=O)c2ccccc2)c2ccccc2n1. The van der Waals surface area contributed by atoms with Crippen molar-refractivity contribution in [2.24, 2.45) is 0 Å². The largest absolute Gasteiger partial charge is 0.320 e. The molecule has 0 bridgehead atoms. The van der Waals surface area contributed by atoms with E-state index in [-0.39, 0.29) is 16.5 Å². The molecule has 150 valence electrons. The van der Waals surface area contributed by atoms with Crippen LogP contribution in [0.25, 0.3) is 10.9 Å². The Morgan fingerprint density at radius 2 is 1.47 bits per heavy atom. The number of anilines is 2. The third kappa shape index (κ3) is 4.01. The molecule has 0 aliphatic heterocycles. The predicted molar refractivity (Wildman–Crippen MR) is 118 cm³/mol. The zero-order chi connectivity index (χ0) is 21.1. The number of nitrogens with zero attached hydrogens (tertiary/aromatic N) is 1. The monoisotopic (exact) mass is 417 g/mol. The summed E-state index contributed by atoms with van der Waals surface area (Å²) < 4.78 is 27.9. The molecule has 0 saturated carbocycles. The quantitative estimate of drug-likeness (QED) is 0.497. The summed E-state index contributed by atoms with van der Waals surface area (Å²) in [5, 5.41) is 3.55. The second-order valence-corrected chi connectivity index (χ2v) is 8.43. The number of hydrogen-bond acceptors (Lipinski definition) is 4. The molecule has 0 fully saturated rings. The molecule has 30 heavy (non-hydrogen) atoms. The fourth-order valence-corrected chi connectivity index (χ4v) is 4.27. The first-order valence-electron chi connectivity index (χ1n) is 9.29. The summed E-state index contributed by atoms with van der Waals surface area (Å²) in [4.78, 5) is 17.6. The molecule has 0 radical (unpaired) electrons. The van der Waals surface area contributed by atoms with Gasteiger partial charge in [0.15, 0.2) is 0 Å². The maximum atomic E-state index is 13.1. The fourth-order valence-electron chi connectivity index (χ4n) is 3.17. The van der Waals surface area contributed by atoms with Crippen molar-refractivity contribution in [2.45, 2.75) is 11.8 Å². The molecule has 4 aromatic rings. The minimum Gasteiger partial charge on any atom is -0.320 e. The lowest BCUT2D eigenvalue weighted by Gasteiger charge is -2.14. The lowest BCUT2D eigenvalue weighted by molar-refractivity contribution is 0.102. The molecule has 0 saturated heterocycles. The number of para-hydroxylation sites is 3. The fraction of sp³-hybridized carbons (Fsp3) is 0.0435. The van der Waals surface area contributed by atoms with Crippen molar-refractivity contribution in [1.29, 1.82) is 0 Å². The summed E-state index contributed by atoms with van der Waals surface area (Å²) in [6.07, 6.45) is 0. The second-order valence-electron chi connectivity index (χ2n) is 6.75. The van der Waals surface area contributed by atoms with Crippen molar-refractivity contribution >= 4 is 38.2 Å². The highest BCUT2D eigenvalue weighted by Crippen LogP contribution is 2.26. The maximum Gasteiger partial charge on any atom is 0.261 e. The summed E-state index contributed by atoms with van der Waals surface area (Å²) in [6.45, 7) is 1.82. The van der Waals surface area contributed by atoms with Crippen LogP contribution in [-0.2, 0) is 10.0 Å². The summed E-state index contributed by atoms with van der Waals surface area (Å²) >= 11 is 0. The van der Waals surface area contributed by atoms with E-state index in [0.717, 1.165) is 16.6 Å². The van der Waals surface area contributed by atoms with E-state index in [9.17, 15) is 13.2 Å². The average molecular weight is 417 g/mol. The first kappa shape index (κ1) is 19.6. The minimum atomic E-state index is -3.79. The van der Waals surface area contributed by atoms with Gasteiger partial charge in [-0.05, 0) is 43.3 Å². The van der Waals surface area contributed by atoms with Crippen molar-refractivity contribution in [3.05, 3.63) is 96.2 Å². The molecule has 0 atom stereocenters. The molecular weight excluding hydrogens is 398 g/mol. The lowest BCUT2D eigenvalue weighted by atomic mass is 10.1. The van der Waals surface area contributed by atoms with Crippen molar-refractivity contribution < 1.29 is 13.2 Å². The van der Waals surface area contributed by atoms with Crippen LogP contribution in [0.15, 0.2) is 89.8 Å². The number of aryl methyl sites for hydroxylation is 1. The topological polar surface area (TPSA) is 88.2 Å². The van der Waals surface area contributed by atoms with Crippen LogP contribution in [0.3, 0.4) is 0 Å². The van der Waals surface area contributed by atoms with E-state index in [4.69, 9.17) is 0 Å². The van der Waals surface area contributed by atoms with Gasteiger partial charge >= 0.3 is 0 Å². The Balaban J connectivity index is 1.67. The van der Waals surface area contributed by atoms with Gasteiger partial charge in [0.1, 0.15) is 0 Å². The number of carbonyl (C=O) groups is 1. The van der Waals surface area contributed by atoms with Crippen molar-refractivity contribution in [3.63, 3.8) is 0 Å². The smallest absolute Gasteiger partial charge is 0.261 e. The Kier molecular flexibility index (Phi) is 5.20. The van der Waals surface area contributed by atoms with Gasteiger partial charge in [0.2, 0.25) is 0 Å². The van der Waals surface area contributed by atoms with E-state index in [1.807, 2.05) is 31.2 Å². The summed E-state index contributed by atoms with van der Waals surface area (Å²) in [5.41, 5.74) is 2.56. The number of nitrogens with one attached hydrogen (secondary N) is 2. The molecule has 1 heterocycles. The molecule has 1 aromatic heterocycles. The molecule has 1 amide bonds. The normalized spacial score (nSPS) is 11.2. The molecule has 3 aromatic carbocycles. The average Bonchev–Trinajstić information content (AvgIpc) is 2.75. The van der Waals surface area contributed by atoms with Crippen LogP contribution in [0.5, 0.6) is 0 Å². The van der Waals surface area contributed by atoms with E-state index in [1.54, 1.807) is 48.5 Å². The van der Waals surface area contributed by atoms with Crippen LogP contribution in [0.4, 0.5) is 11.4 Å². The van der Waals surface area contributed by atoms with E-state index in [2.05, 4.69) is 15.0 Å². The summed E-state index contributed by atoms with van der Waals surface area (Å²) in [5.74, 6) is -0.344. The van der Waals surface area contributed by atoms with Gasteiger partial charge < -0.3 is 5.32 Å². The van der Waals surface area contributed by atoms with Crippen LogP contribution >= 0.6 is 0 Å². The molecule has 0 aliphatic carbocycles. The first-order valence-corrected chi connectivity index (χ1v) is 10.8. The Morgan fingerprint density at radius 3 is 2.23 bits per heavy atom. The van der Waals surface area contributed by atoms with Crippen molar-refractivity contribution in [3.8, 4) is 0 Å². The standard InChI is InChI=1S/C23H19N3O3S/c1-16-15-19(18-11-5-6-12-20(18)24-16)23(27)25-21-13-7-8-14-22(21)26-30(28,29)17-9-3-2-4-10-17/h2-15,26H,1H3,(H,25,27). The molecular formula is C23H19N3O3S. The third-order valence-corrected chi connectivity index (χ3v) is 5.94. The molecule has 0 aliphatic rings. The Hall–Kier alpha value is -3.71. The molecule has 7 heteroatoms. The van der Waals surface area contributed by atoms with Crippen molar-refractivity contribution in [1.82, 2.24) is 4.98 Å². The number of rotatable bonds is 5. The number of aromatic nitrogens is 1. The number of sulfonamides is 1. The third-order valence-electron chi connectivity index (χ3n) is 4.56. The van der Waals surface area contributed by atoms with Gasteiger partial charge in [-0.3, -0.25) is 14.5 Å². The Morgan fingerprint density at radius 1 is 0.833 bits per heavy atom. The maximum absolute atomic E-state index is 13.1. The minimum absolute atomic E-state index is 0.141. The van der Waals surface area contributed by atoms with Crippen LogP contribution in [0.1, 0.15) is 16.1 Å². The highest BCUT2D eigenvalue weighted by atomic mass is 32.2. The summed E-state index contributed by atoms with van der Waals surface area (Å²) in [6, 6.07) is 23.9. The number of carbonyl (C=O) groups excluding carboxylic acids is 1. The van der Waals surface area contributed by atoms with E-state index < -0.39 is 10.0 Å². The van der Waals surface area contributed by atoms with Gasteiger partial charge in [-0.15, -0.1) is 0 Å². The summed E-state index contributed by atoms with van der Waals surface area (Å²) in [7, 11) is -3.79. The highest BCUT2D eigenvalue weighted by Gasteiger charge is 2.18. The predicted octanol–water partition coefficient (Wildman–Crippen LogP) is 4.60. The van der Waals surface area contributed by atoms with Gasteiger partial charge in [0.25, 0.3) is 15.9 Å². The molecule has 2 N–H and O–H groups in total. The number of fused-ring (bicyclic) bond motifs is 1. The van der Waals surface area contributed by atoms with E-state index in [1.165, 1.54) is 12.1 Å². The molecule has 6 nitrogen and oxygen atoms in total. The van der Waals surface area contributed by atoms with Crippen LogP contribution in [-0.4, -0.2) is 19.3 Å². The Labute approximate surface area is 174 Å². The number of pyridine rings is 1. The van der Waals surface area contributed by atoms with Gasteiger partial charge in [-0.2, -0.15) is 0 Å². The van der Waals surface area contributed by atoms with Crippen LogP contribution in [0.2, 0.25) is 0 Å². The van der Waals surface area contributed by atoms with Gasteiger partial charge in [-0.25, -0.2) is 8.42 Å². The van der Waals surface area contributed by atoms with Gasteiger partial charge in [0, 0.05) is 11.1 Å². The number of hydrogen-bond donors (Lipinski definition) is 2. The zero-order valence-electron chi connectivity index (χ0n) is 16.2. The Bertz CT molecular complexity index is 1340. The number of amides is 1. The highest BCUT2D eigenvalue weighted by molar-refractivity contribution is 7.92. The van der Waals surface area contributed by atoms with E-state index >= 15 is 0 Å². The van der Waals surface area contributed by atoms with Crippen molar-refractivity contribution in [2.75, 3.05) is 10.0 Å². The zero-order valence-corrected chi connectivity index (χ0v) is 17.0. The number of benzene rings is 3. The lowest BCUT2D eigenvalue weighted by Crippen LogP contribution is -2.17. The molecule has 4 rings (SSSR count). The molecule has 0 spiro atoms. The van der Waals surface area contributed by atoms with E-state index in [0.29, 0.717) is 11.3 Å². The van der Waals surface area contributed by atoms with Crippen LogP contribution < -0.4 is 10.0 Å². The first-order chi connectivity index (χ1) is 14.4. The van der Waals surface area contributed by atoms with Gasteiger partial charge in [-0.1, -0.05) is 48.5 Å². The van der Waals surface area contributed by atoms with Crippen LogP contribution in [0, 0.1) is 6.92 Å². The molecule has 0 unspecified atom stereocenters. The van der Waals surface area contributed by atoms with Gasteiger partial charge in [0.05, 0.1) is 27.4 Å². The second kappa shape index (κ2) is 7.96.